The van der Waals surface area contributed by atoms with Crippen LogP contribution in [-0.2, 0) is 6.54 Å². The number of benzene rings is 1. The number of halogens is 1. The third kappa shape index (κ3) is 2.36. The minimum Gasteiger partial charge on any atom is -0.339 e. The highest BCUT2D eigenvalue weighted by Gasteiger charge is 2.67. The van der Waals surface area contributed by atoms with Crippen LogP contribution in [0.3, 0.4) is 0 Å². The number of nitrogens with zero attached hydrogens (tertiary/aromatic N) is 2. The Kier molecular flexibility index (Phi) is 3.89. The summed E-state index contributed by atoms with van der Waals surface area (Å²) in [6.07, 6.45) is 0. The summed E-state index contributed by atoms with van der Waals surface area (Å²) in [4.78, 5) is 4.58. The van der Waals surface area contributed by atoms with Crippen LogP contribution >= 0.6 is 12.4 Å². The van der Waals surface area contributed by atoms with E-state index in [1.807, 2.05) is 24.3 Å². The predicted octanol–water partition coefficient (Wildman–Crippen LogP) is 3.77. The Balaban J connectivity index is 0.00000161. The lowest BCUT2D eigenvalue weighted by Crippen LogP contribution is -1.95. The van der Waals surface area contributed by atoms with E-state index in [4.69, 9.17) is 10.3 Å². The highest BCUT2D eigenvalue weighted by Crippen LogP contribution is 2.73. The average molecular weight is 308 g/mol. The summed E-state index contributed by atoms with van der Waals surface area (Å²) in [7, 11) is 0. The Morgan fingerprint density at radius 1 is 1.10 bits per heavy atom. The molecule has 5 heteroatoms. The molecule has 3 rings (SSSR count). The van der Waals surface area contributed by atoms with E-state index < -0.39 is 0 Å². The summed E-state index contributed by atoms with van der Waals surface area (Å²) in [5.41, 5.74) is 8.08. The van der Waals surface area contributed by atoms with E-state index in [1.165, 1.54) is 0 Å². The Morgan fingerprint density at radius 3 is 2.14 bits per heavy atom. The van der Waals surface area contributed by atoms with Gasteiger partial charge in [0.15, 0.2) is 0 Å². The van der Waals surface area contributed by atoms with Crippen molar-refractivity contribution in [1.29, 1.82) is 0 Å². The fourth-order valence-electron chi connectivity index (χ4n) is 3.07. The van der Waals surface area contributed by atoms with E-state index in [-0.39, 0.29) is 23.2 Å². The van der Waals surface area contributed by atoms with Gasteiger partial charge in [-0.1, -0.05) is 57.1 Å². The monoisotopic (exact) mass is 307 g/mol. The quantitative estimate of drug-likeness (QED) is 0.937. The molecule has 1 aliphatic rings. The molecule has 0 radical (unpaired) electrons. The van der Waals surface area contributed by atoms with E-state index in [1.54, 1.807) is 0 Å². The highest BCUT2D eigenvalue weighted by molar-refractivity contribution is 5.85. The van der Waals surface area contributed by atoms with Gasteiger partial charge in [0.1, 0.15) is 0 Å². The van der Waals surface area contributed by atoms with Crippen LogP contribution in [0.4, 0.5) is 0 Å². The van der Waals surface area contributed by atoms with Crippen molar-refractivity contribution in [3.05, 3.63) is 35.7 Å². The molecular formula is C16H22ClN3O. The van der Waals surface area contributed by atoms with Gasteiger partial charge in [-0.2, -0.15) is 4.98 Å². The number of aromatic nitrogens is 2. The van der Waals surface area contributed by atoms with E-state index in [9.17, 15) is 0 Å². The van der Waals surface area contributed by atoms with Gasteiger partial charge in [-0.05, 0) is 16.4 Å². The van der Waals surface area contributed by atoms with Crippen LogP contribution in [0, 0.1) is 10.8 Å². The number of rotatable bonds is 3. The lowest BCUT2D eigenvalue weighted by atomic mass is 10.0. The van der Waals surface area contributed by atoms with E-state index in [2.05, 4.69) is 37.8 Å². The molecule has 1 aromatic carbocycles. The van der Waals surface area contributed by atoms with E-state index in [0.29, 0.717) is 18.3 Å². The summed E-state index contributed by atoms with van der Waals surface area (Å²) in [6, 6.07) is 7.97. The van der Waals surface area contributed by atoms with Gasteiger partial charge >= 0.3 is 0 Å². The van der Waals surface area contributed by atoms with Crippen LogP contribution in [0.15, 0.2) is 28.8 Å². The van der Waals surface area contributed by atoms with Crippen molar-refractivity contribution < 1.29 is 4.52 Å². The Morgan fingerprint density at radius 2 is 1.67 bits per heavy atom. The molecule has 4 nitrogen and oxygen atoms in total. The van der Waals surface area contributed by atoms with Crippen molar-refractivity contribution in [2.24, 2.45) is 16.6 Å². The van der Waals surface area contributed by atoms with Gasteiger partial charge in [-0.25, -0.2) is 0 Å². The molecule has 1 heterocycles. The van der Waals surface area contributed by atoms with Crippen molar-refractivity contribution in [3.8, 4) is 11.4 Å². The zero-order valence-corrected chi connectivity index (χ0v) is 13.7. The summed E-state index contributed by atoms with van der Waals surface area (Å²) in [6.45, 7) is 9.53. The Labute approximate surface area is 131 Å². The first-order chi connectivity index (χ1) is 9.38. The van der Waals surface area contributed by atoms with Crippen molar-refractivity contribution >= 4 is 12.4 Å². The summed E-state index contributed by atoms with van der Waals surface area (Å²) in [5, 5.41) is 4.12. The maximum atomic E-state index is 5.60. The molecule has 0 aliphatic heterocycles. The molecule has 1 saturated carbocycles. The zero-order valence-electron chi connectivity index (χ0n) is 12.9. The average Bonchev–Trinajstić information content (AvgIpc) is 2.75. The van der Waals surface area contributed by atoms with Crippen LogP contribution in [0.25, 0.3) is 11.4 Å². The molecule has 0 spiro atoms. The van der Waals surface area contributed by atoms with Crippen molar-refractivity contribution in [1.82, 2.24) is 10.1 Å². The second-order valence-corrected chi connectivity index (χ2v) is 6.73. The smallest absolute Gasteiger partial charge is 0.231 e. The van der Waals surface area contributed by atoms with E-state index >= 15 is 0 Å². The zero-order chi connectivity index (χ0) is 14.5. The number of nitrogens with two attached hydrogens (primary N) is 1. The van der Waals surface area contributed by atoms with Crippen LogP contribution in [0.2, 0.25) is 0 Å². The molecule has 1 aliphatic carbocycles. The Bertz CT molecular complexity index is 617. The first kappa shape index (κ1) is 16.0. The molecule has 0 saturated heterocycles. The van der Waals surface area contributed by atoms with Gasteiger partial charge in [0.2, 0.25) is 11.7 Å². The standard InChI is InChI=1S/C16H21N3O.ClH/c1-15(2)12(16(15,3)4)14-18-13(19-20-14)11-7-5-10(9-17)6-8-11;/h5-8,12H,9,17H2,1-4H3;1H. The lowest BCUT2D eigenvalue weighted by molar-refractivity contribution is 0.365. The molecule has 0 atom stereocenters. The van der Waals surface area contributed by atoms with Gasteiger partial charge in [0.05, 0.1) is 0 Å². The first-order valence-electron chi connectivity index (χ1n) is 7.01. The predicted molar refractivity (Wildman–Crippen MR) is 85.2 cm³/mol. The summed E-state index contributed by atoms with van der Waals surface area (Å²) in [5.74, 6) is 1.74. The number of hydrogen-bond acceptors (Lipinski definition) is 4. The fourth-order valence-corrected chi connectivity index (χ4v) is 3.07. The first-order valence-corrected chi connectivity index (χ1v) is 7.01. The Hall–Kier alpha value is -1.39. The third-order valence-corrected chi connectivity index (χ3v) is 5.16. The molecule has 21 heavy (non-hydrogen) atoms. The topological polar surface area (TPSA) is 64.9 Å². The molecule has 2 N–H and O–H groups in total. The van der Waals surface area contributed by atoms with Crippen molar-refractivity contribution in [2.75, 3.05) is 0 Å². The van der Waals surface area contributed by atoms with Gasteiger partial charge in [-0.15, -0.1) is 12.4 Å². The lowest BCUT2D eigenvalue weighted by Gasteiger charge is -2.03. The molecule has 114 valence electrons. The van der Waals surface area contributed by atoms with Crippen LogP contribution in [0.1, 0.15) is 45.1 Å². The molecule has 0 bridgehead atoms. The van der Waals surface area contributed by atoms with Crippen LogP contribution in [-0.4, -0.2) is 10.1 Å². The third-order valence-electron chi connectivity index (χ3n) is 5.16. The maximum Gasteiger partial charge on any atom is 0.231 e. The SMILES string of the molecule is CC1(C)C(c2nc(-c3ccc(CN)cc3)no2)C1(C)C.Cl. The minimum atomic E-state index is 0. The molecule has 1 aromatic heterocycles. The highest BCUT2D eigenvalue weighted by atomic mass is 35.5. The largest absolute Gasteiger partial charge is 0.339 e. The van der Waals surface area contributed by atoms with Gasteiger partial charge in [0.25, 0.3) is 0 Å². The second kappa shape index (κ2) is 5.11. The van der Waals surface area contributed by atoms with E-state index in [0.717, 1.165) is 17.0 Å². The van der Waals surface area contributed by atoms with Crippen molar-refractivity contribution in [3.63, 3.8) is 0 Å². The number of hydrogen-bond donors (Lipinski definition) is 1. The maximum absolute atomic E-state index is 5.60. The summed E-state index contributed by atoms with van der Waals surface area (Å²) >= 11 is 0. The fraction of sp³-hybridized carbons (Fsp3) is 0.500. The molecular weight excluding hydrogens is 286 g/mol. The normalized spacial score (nSPS) is 19.1. The van der Waals surface area contributed by atoms with Crippen molar-refractivity contribution in [2.45, 2.75) is 40.2 Å². The van der Waals surface area contributed by atoms with Gasteiger partial charge < -0.3 is 10.3 Å². The van der Waals surface area contributed by atoms with Gasteiger partial charge in [0, 0.05) is 18.0 Å². The molecule has 0 amide bonds. The second-order valence-electron chi connectivity index (χ2n) is 6.73. The van der Waals surface area contributed by atoms with Crippen LogP contribution < -0.4 is 5.73 Å². The summed E-state index contributed by atoms with van der Waals surface area (Å²) < 4.78 is 5.48. The van der Waals surface area contributed by atoms with Gasteiger partial charge in [-0.3, -0.25) is 0 Å². The van der Waals surface area contributed by atoms with Crippen LogP contribution in [0.5, 0.6) is 0 Å². The molecule has 0 unspecified atom stereocenters. The minimum absolute atomic E-state index is 0. The molecule has 2 aromatic rings. The molecule has 1 fully saturated rings.